The average molecular weight is 672 g/mol. The molecule has 2 aliphatic carbocycles. The fourth-order valence-corrected chi connectivity index (χ4v) is 7.88. The second-order valence-corrected chi connectivity index (χ2v) is 14.3. The summed E-state index contributed by atoms with van der Waals surface area (Å²) in [5.41, 5.74) is 9.03. The van der Waals surface area contributed by atoms with Gasteiger partial charge in [0.25, 0.3) is 0 Å². The molecule has 7 rings (SSSR count). The van der Waals surface area contributed by atoms with Crippen molar-refractivity contribution in [1.29, 1.82) is 0 Å². The number of methoxy groups -OCH3 is 2. The minimum absolute atomic E-state index is 0.521. The zero-order valence-electron chi connectivity index (χ0n) is 27.6. The van der Waals surface area contributed by atoms with Gasteiger partial charge in [-0.15, -0.1) is 0 Å². The predicted molar refractivity (Wildman–Crippen MR) is 191 cm³/mol. The van der Waals surface area contributed by atoms with Crippen molar-refractivity contribution in [3.63, 3.8) is 0 Å². The first-order chi connectivity index (χ1) is 22.9. The summed E-state index contributed by atoms with van der Waals surface area (Å²) in [6, 6.07) is 17.8. The lowest BCUT2D eigenvalue weighted by Gasteiger charge is -2.37. The summed E-state index contributed by atoms with van der Waals surface area (Å²) < 4.78 is 11.3. The molecule has 0 spiro atoms. The summed E-state index contributed by atoms with van der Waals surface area (Å²) in [5.74, 6) is 2.52. The van der Waals surface area contributed by atoms with E-state index in [1.165, 1.54) is 54.4 Å². The van der Waals surface area contributed by atoms with Gasteiger partial charge in [-0.3, -0.25) is 19.8 Å². The van der Waals surface area contributed by atoms with Gasteiger partial charge in [0, 0.05) is 42.7 Å². The molecule has 6 nitrogen and oxygen atoms in total. The molecule has 0 amide bonds. The number of benzene rings is 2. The van der Waals surface area contributed by atoms with Gasteiger partial charge in [-0.1, -0.05) is 29.6 Å². The lowest BCUT2D eigenvalue weighted by molar-refractivity contribution is 0.119. The van der Waals surface area contributed by atoms with Crippen LogP contribution in [-0.2, 0) is 13.1 Å². The summed E-state index contributed by atoms with van der Waals surface area (Å²) >= 11 is 13.4. The van der Waals surface area contributed by atoms with E-state index in [4.69, 9.17) is 42.6 Å². The smallest absolute Gasteiger partial charge is 0.138 e. The van der Waals surface area contributed by atoms with Crippen LogP contribution in [0, 0.1) is 0 Å². The van der Waals surface area contributed by atoms with E-state index in [1.54, 1.807) is 14.2 Å². The number of nitrogens with zero attached hydrogens (tertiary/aromatic N) is 4. The van der Waals surface area contributed by atoms with Gasteiger partial charge < -0.3 is 9.47 Å². The van der Waals surface area contributed by atoms with Crippen LogP contribution in [0.4, 0.5) is 0 Å². The molecule has 0 atom stereocenters. The number of hydrogen-bond acceptors (Lipinski definition) is 6. The lowest BCUT2D eigenvalue weighted by Crippen LogP contribution is -2.42. The van der Waals surface area contributed by atoms with E-state index in [-0.39, 0.29) is 0 Å². The van der Waals surface area contributed by atoms with Crippen molar-refractivity contribution in [3.8, 4) is 34.0 Å². The Kier molecular flexibility index (Phi) is 9.74. The third-order valence-electron chi connectivity index (χ3n) is 10.4. The highest BCUT2D eigenvalue weighted by Crippen LogP contribution is 2.48. The molecule has 0 N–H and O–H groups in total. The van der Waals surface area contributed by atoms with Gasteiger partial charge in [-0.2, -0.15) is 0 Å². The number of aromatic nitrogens is 2. The topological polar surface area (TPSA) is 50.7 Å². The second-order valence-electron chi connectivity index (χ2n) is 13.6. The number of pyridine rings is 2. The minimum Gasteiger partial charge on any atom is -0.495 e. The van der Waals surface area contributed by atoms with Crippen molar-refractivity contribution in [2.24, 2.45) is 0 Å². The highest BCUT2D eigenvalue weighted by Gasteiger charge is 2.29. The molecule has 246 valence electrons. The molecule has 0 radical (unpaired) electrons. The number of piperidine rings is 1. The highest BCUT2D eigenvalue weighted by atomic mass is 35.5. The fraction of sp³-hybridized carbons (Fsp3) is 0.436. The van der Waals surface area contributed by atoms with E-state index in [9.17, 15) is 0 Å². The van der Waals surface area contributed by atoms with E-state index in [0.29, 0.717) is 17.9 Å². The first-order valence-electron chi connectivity index (χ1n) is 17.0. The van der Waals surface area contributed by atoms with Crippen LogP contribution in [0.15, 0.2) is 60.9 Å². The third-order valence-corrected chi connectivity index (χ3v) is 11.2. The van der Waals surface area contributed by atoms with Crippen LogP contribution in [0.3, 0.4) is 0 Å². The van der Waals surface area contributed by atoms with Crippen molar-refractivity contribution < 1.29 is 9.47 Å². The molecule has 8 heteroatoms. The maximum Gasteiger partial charge on any atom is 0.138 e. The van der Waals surface area contributed by atoms with Crippen molar-refractivity contribution in [2.45, 2.75) is 75.9 Å². The molecule has 2 aromatic heterocycles. The first kappa shape index (κ1) is 32.4. The summed E-state index contributed by atoms with van der Waals surface area (Å²) in [6.45, 7) is 3.96. The van der Waals surface area contributed by atoms with Crippen LogP contribution in [0.2, 0.25) is 10.0 Å². The van der Waals surface area contributed by atoms with Crippen molar-refractivity contribution in [1.82, 2.24) is 19.8 Å². The molecule has 2 saturated carbocycles. The Balaban J connectivity index is 0.973. The van der Waals surface area contributed by atoms with Crippen LogP contribution in [0.1, 0.15) is 79.0 Å². The van der Waals surface area contributed by atoms with E-state index < -0.39 is 0 Å². The molecule has 3 aliphatic rings. The molecule has 47 heavy (non-hydrogen) atoms. The summed E-state index contributed by atoms with van der Waals surface area (Å²) in [5, 5.41) is 1.49. The zero-order chi connectivity index (χ0) is 32.5. The number of likely N-dealkylation sites (tertiary alicyclic amines) is 1. The Morgan fingerprint density at radius 2 is 1.26 bits per heavy atom. The minimum atomic E-state index is 0.521. The Labute approximate surface area is 289 Å². The average Bonchev–Trinajstić information content (AvgIpc) is 3.91. The SMILES string of the molecule is COc1cc(-c2cc(CN3CCC(N(C)Cc4ccnc(-c5cc(OC)c(Cl)c(C6CC6)c5)c4)CC3)ccn2)cc(C2CCC2)c1Cl. The van der Waals surface area contributed by atoms with E-state index >= 15 is 0 Å². The number of halogens is 2. The van der Waals surface area contributed by atoms with Gasteiger partial charge >= 0.3 is 0 Å². The predicted octanol–water partition coefficient (Wildman–Crippen LogP) is 9.38. The Morgan fingerprint density at radius 1 is 0.723 bits per heavy atom. The molecule has 0 bridgehead atoms. The maximum atomic E-state index is 6.71. The standard InChI is InChI=1S/C39H44Cl2N4O2/c1-44(23-25-9-13-42-34(17-25)30-20-33(28-7-8-28)39(41)37(22-30)47-3)31-11-15-45(16-12-31)24-26-10-14-43-35(18-26)29-19-32(27-5-4-6-27)38(40)36(21-29)46-2/h9-10,13-14,17-22,27-28,31H,4-8,11-12,15-16,23-24H2,1-3H3. The summed E-state index contributed by atoms with van der Waals surface area (Å²) in [4.78, 5) is 14.5. The van der Waals surface area contributed by atoms with Gasteiger partial charge in [-0.05, 0) is 141 Å². The van der Waals surface area contributed by atoms with Crippen molar-refractivity contribution in [2.75, 3.05) is 34.4 Å². The Bertz CT molecular complexity index is 1730. The monoisotopic (exact) mass is 670 g/mol. The normalized spacial score (nSPS) is 17.6. The highest BCUT2D eigenvalue weighted by molar-refractivity contribution is 6.33. The molecule has 1 saturated heterocycles. The second kappa shape index (κ2) is 14.1. The molecular formula is C39H44Cl2N4O2. The summed E-state index contributed by atoms with van der Waals surface area (Å²) in [7, 11) is 5.63. The Hall–Kier alpha value is -3.16. The summed E-state index contributed by atoms with van der Waals surface area (Å²) in [6.07, 6.45) is 12.2. The van der Waals surface area contributed by atoms with Gasteiger partial charge in [-0.25, -0.2) is 0 Å². The first-order valence-corrected chi connectivity index (χ1v) is 17.7. The van der Waals surface area contributed by atoms with E-state index in [0.717, 1.165) is 83.1 Å². The van der Waals surface area contributed by atoms with E-state index in [2.05, 4.69) is 53.2 Å². The van der Waals surface area contributed by atoms with Gasteiger partial charge in [0.2, 0.25) is 0 Å². The third kappa shape index (κ3) is 7.17. The van der Waals surface area contributed by atoms with Crippen LogP contribution >= 0.6 is 23.2 Å². The van der Waals surface area contributed by atoms with Crippen molar-refractivity contribution in [3.05, 3.63) is 93.2 Å². The van der Waals surface area contributed by atoms with Crippen molar-refractivity contribution >= 4 is 23.2 Å². The van der Waals surface area contributed by atoms with Crippen LogP contribution in [0.25, 0.3) is 22.5 Å². The molecule has 0 unspecified atom stereocenters. The molecule has 3 fully saturated rings. The molecule has 2 aromatic carbocycles. The number of ether oxygens (including phenoxy) is 2. The van der Waals surface area contributed by atoms with Gasteiger partial charge in [0.05, 0.1) is 35.7 Å². The van der Waals surface area contributed by atoms with Crippen LogP contribution in [-0.4, -0.2) is 60.2 Å². The Morgan fingerprint density at radius 3 is 1.77 bits per heavy atom. The van der Waals surface area contributed by atoms with Gasteiger partial charge in [0.15, 0.2) is 0 Å². The largest absolute Gasteiger partial charge is 0.495 e. The fourth-order valence-electron chi connectivity index (χ4n) is 7.19. The molecule has 4 aromatic rings. The maximum absolute atomic E-state index is 6.71. The number of hydrogen-bond donors (Lipinski definition) is 0. The molecule has 1 aliphatic heterocycles. The lowest BCUT2D eigenvalue weighted by atomic mass is 9.79. The zero-order valence-corrected chi connectivity index (χ0v) is 29.2. The quantitative estimate of drug-likeness (QED) is 0.158. The van der Waals surface area contributed by atoms with Crippen LogP contribution in [0.5, 0.6) is 11.5 Å². The molecular weight excluding hydrogens is 627 g/mol. The molecule has 3 heterocycles. The van der Waals surface area contributed by atoms with Gasteiger partial charge in [0.1, 0.15) is 11.5 Å². The number of rotatable bonds is 11. The van der Waals surface area contributed by atoms with E-state index in [1.807, 2.05) is 24.5 Å². The van der Waals surface area contributed by atoms with Crippen LogP contribution < -0.4 is 9.47 Å².